The van der Waals surface area contributed by atoms with Crippen LogP contribution in [0.1, 0.15) is 19.8 Å². The van der Waals surface area contributed by atoms with E-state index >= 15 is 0 Å². The monoisotopic (exact) mass is 197 g/mol. The Hall–Kier alpha value is -0.610. The number of carbonyl (C=O) groups excluding carboxylic acids is 1. The summed E-state index contributed by atoms with van der Waals surface area (Å²) in [4.78, 5) is 16.0. The molecule has 2 aliphatic rings. The van der Waals surface area contributed by atoms with Gasteiger partial charge in [0.05, 0.1) is 0 Å². The van der Waals surface area contributed by atoms with Gasteiger partial charge in [-0.15, -0.1) is 0 Å². The first kappa shape index (κ1) is 9.93. The van der Waals surface area contributed by atoms with Crippen molar-refractivity contribution in [2.24, 2.45) is 5.73 Å². The summed E-state index contributed by atoms with van der Waals surface area (Å²) < 4.78 is 0. The fourth-order valence-electron chi connectivity index (χ4n) is 2.48. The van der Waals surface area contributed by atoms with Crippen molar-refractivity contribution in [3.63, 3.8) is 0 Å². The maximum Gasteiger partial charge on any atom is 0.241 e. The highest BCUT2D eigenvalue weighted by Crippen LogP contribution is 2.32. The van der Waals surface area contributed by atoms with Gasteiger partial charge in [-0.25, -0.2) is 0 Å². The Morgan fingerprint density at radius 2 is 2.14 bits per heavy atom. The van der Waals surface area contributed by atoms with E-state index in [1.165, 1.54) is 12.8 Å². The molecule has 1 aliphatic heterocycles. The zero-order valence-electron chi connectivity index (χ0n) is 8.94. The minimum atomic E-state index is -0.0729. The summed E-state index contributed by atoms with van der Waals surface area (Å²) in [5.74, 6) is 0.192. The Bertz CT molecular complexity index is 240. The van der Waals surface area contributed by atoms with E-state index in [0.29, 0.717) is 18.6 Å². The van der Waals surface area contributed by atoms with Gasteiger partial charge in [-0.2, -0.15) is 0 Å². The van der Waals surface area contributed by atoms with Crippen LogP contribution in [0, 0.1) is 0 Å². The lowest BCUT2D eigenvalue weighted by Gasteiger charge is -2.43. The van der Waals surface area contributed by atoms with E-state index in [2.05, 4.69) is 11.8 Å². The van der Waals surface area contributed by atoms with Crippen molar-refractivity contribution in [2.45, 2.75) is 37.9 Å². The van der Waals surface area contributed by atoms with Crippen LogP contribution in [-0.4, -0.2) is 54.0 Å². The molecule has 2 fully saturated rings. The van der Waals surface area contributed by atoms with E-state index in [0.717, 1.165) is 6.54 Å². The van der Waals surface area contributed by atoms with Crippen LogP contribution in [-0.2, 0) is 4.79 Å². The molecule has 0 aromatic carbocycles. The maximum atomic E-state index is 11.8. The average Bonchev–Trinajstić information content (AvgIpc) is 2.94. The lowest BCUT2D eigenvalue weighted by molar-refractivity contribution is -0.142. The number of hydrogen-bond donors (Lipinski definition) is 1. The van der Waals surface area contributed by atoms with Crippen molar-refractivity contribution in [1.29, 1.82) is 0 Å². The molecule has 2 N–H and O–H groups in total. The van der Waals surface area contributed by atoms with Gasteiger partial charge in [0.2, 0.25) is 5.91 Å². The number of carbonyl (C=O) groups is 1. The third kappa shape index (κ3) is 1.53. The largest absolute Gasteiger partial charge is 0.343 e. The summed E-state index contributed by atoms with van der Waals surface area (Å²) in [6.45, 7) is 3.47. The van der Waals surface area contributed by atoms with E-state index in [4.69, 9.17) is 5.73 Å². The molecule has 1 heterocycles. The number of amides is 1. The molecule has 2 unspecified atom stereocenters. The van der Waals surface area contributed by atoms with Gasteiger partial charge in [0.1, 0.15) is 6.04 Å². The van der Waals surface area contributed by atoms with Crippen LogP contribution in [0.3, 0.4) is 0 Å². The van der Waals surface area contributed by atoms with Crippen molar-refractivity contribution >= 4 is 5.91 Å². The van der Waals surface area contributed by atoms with Crippen molar-refractivity contribution in [3.8, 4) is 0 Å². The molecule has 1 aliphatic carbocycles. The second-order valence-corrected chi connectivity index (χ2v) is 4.50. The van der Waals surface area contributed by atoms with E-state index in [-0.39, 0.29) is 11.9 Å². The summed E-state index contributed by atoms with van der Waals surface area (Å²) in [6, 6.07) is 1.01. The number of likely N-dealkylation sites (N-methyl/N-ethyl adjacent to an activating group) is 1. The Morgan fingerprint density at radius 1 is 1.50 bits per heavy atom. The molecule has 4 heteroatoms. The summed E-state index contributed by atoms with van der Waals surface area (Å²) in [5, 5.41) is 0. The van der Waals surface area contributed by atoms with Crippen molar-refractivity contribution < 1.29 is 4.79 Å². The van der Waals surface area contributed by atoms with Crippen LogP contribution in [0.2, 0.25) is 0 Å². The Kier molecular flexibility index (Phi) is 2.49. The molecule has 0 spiro atoms. The first-order valence-electron chi connectivity index (χ1n) is 5.37. The first-order chi connectivity index (χ1) is 6.65. The highest BCUT2D eigenvalue weighted by Gasteiger charge is 2.43. The Labute approximate surface area is 85.0 Å². The summed E-state index contributed by atoms with van der Waals surface area (Å²) in [7, 11) is 1.87. The molecular weight excluding hydrogens is 178 g/mol. The van der Waals surface area contributed by atoms with Gasteiger partial charge >= 0.3 is 0 Å². The predicted octanol–water partition coefficient (Wildman–Crippen LogP) is -0.361. The fraction of sp³-hybridized carbons (Fsp3) is 0.900. The molecule has 14 heavy (non-hydrogen) atoms. The topological polar surface area (TPSA) is 49.6 Å². The molecule has 4 nitrogen and oxygen atoms in total. The van der Waals surface area contributed by atoms with Crippen LogP contribution in [0.15, 0.2) is 0 Å². The highest BCUT2D eigenvalue weighted by molar-refractivity contribution is 5.83. The Morgan fingerprint density at radius 3 is 2.64 bits per heavy atom. The summed E-state index contributed by atoms with van der Waals surface area (Å²) in [6.07, 6.45) is 2.47. The van der Waals surface area contributed by atoms with Gasteiger partial charge in [-0.1, -0.05) is 0 Å². The quantitative estimate of drug-likeness (QED) is 0.657. The molecule has 0 aromatic rings. The smallest absolute Gasteiger partial charge is 0.241 e. The summed E-state index contributed by atoms with van der Waals surface area (Å²) >= 11 is 0. The number of piperazine rings is 1. The highest BCUT2D eigenvalue weighted by atomic mass is 16.2. The van der Waals surface area contributed by atoms with Crippen molar-refractivity contribution in [1.82, 2.24) is 9.80 Å². The van der Waals surface area contributed by atoms with Gasteiger partial charge in [0, 0.05) is 32.2 Å². The van der Waals surface area contributed by atoms with Gasteiger partial charge < -0.3 is 10.6 Å². The molecule has 2 rings (SSSR count). The zero-order valence-corrected chi connectivity index (χ0v) is 8.94. The molecule has 0 aromatic heterocycles. The summed E-state index contributed by atoms with van der Waals surface area (Å²) in [5.41, 5.74) is 5.68. The minimum absolute atomic E-state index is 0.0729. The van der Waals surface area contributed by atoms with E-state index in [1.54, 1.807) is 4.90 Å². The maximum absolute atomic E-state index is 11.8. The second-order valence-electron chi connectivity index (χ2n) is 4.50. The van der Waals surface area contributed by atoms with Gasteiger partial charge in [0.25, 0.3) is 0 Å². The predicted molar refractivity (Wildman–Crippen MR) is 54.8 cm³/mol. The molecule has 0 bridgehead atoms. The van der Waals surface area contributed by atoms with Crippen molar-refractivity contribution in [2.75, 3.05) is 20.1 Å². The zero-order chi connectivity index (χ0) is 10.3. The molecular formula is C10H19N3O. The molecule has 1 saturated carbocycles. The molecule has 2 atom stereocenters. The van der Waals surface area contributed by atoms with Crippen LogP contribution in [0.4, 0.5) is 0 Å². The van der Waals surface area contributed by atoms with Crippen LogP contribution in [0.25, 0.3) is 0 Å². The Balaban J connectivity index is 2.15. The van der Waals surface area contributed by atoms with E-state index in [1.807, 2.05) is 7.05 Å². The normalized spacial score (nSPS) is 35.1. The number of hydrogen-bond acceptors (Lipinski definition) is 3. The van der Waals surface area contributed by atoms with Crippen LogP contribution < -0.4 is 5.73 Å². The number of nitrogens with two attached hydrogens (primary N) is 1. The molecule has 1 amide bonds. The molecule has 0 radical (unpaired) electrons. The average molecular weight is 197 g/mol. The van der Waals surface area contributed by atoms with Crippen LogP contribution >= 0.6 is 0 Å². The lowest BCUT2D eigenvalue weighted by Crippen LogP contribution is -2.62. The van der Waals surface area contributed by atoms with E-state index in [9.17, 15) is 4.79 Å². The standard InChI is InChI=1S/C10H19N3O/c1-7-6-12(2)10(14)9(5-11)13(7)8-3-4-8/h7-9H,3-6,11H2,1-2H3. The van der Waals surface area contributed by atoms with Crippen LogP contribution in [0.5, 0.6) is 0 Å². The molecule has 1 saturated heterocycles. The third-order valence-electron chi connectivity index (χ3n) is 3.26. The van der Waals surface area contributed by atoms with Gasteiger partial charge in [0.15, 0.2) is 0 Å². The number of rotatable bonds is 2. The third-order valence-corrected chi connectivity index (χ3v) is 3.26. The van der Waals surface area contributed by atoms with Crippen molar-refractivity contribution in [3.05, 3.63) is 0 Å². The second kappa shape index (κ2) is 3.51. The SMILES string of the molecule is CC1CN(C)C(=O)C(CN)N1C1CC1. The van der Waals surface area contributed by atoms with Gasteiger partial charge in [-0.05, 0) is 19.8 Å². The minimum Gasteiger partial charge on any atom is -0.343 e. The van der Waals surface area contributed by atoms with E-state index < -0.39 is 0 Å². The van der Waals surface area contributed by atoms with Gasteiger partial charge in [-0.3, -0.25) is 9.69 Å². The number of nitrogens with zero attached hydrogens (tertiary/aromatic N) is 2. The fourth-order valence-corrected chi connectivity index (χ4v) is 2.48. The lowest BCUT2D eigenvalue weighted by atomic mass is 10.1. The molecule has 80 valence electrons. The first-order valence-corrected chi connectivity index (χ1v) is 5.37.